The molecule has 0 saturated carbocycles. The first kappa shape index (κ1) is 23.9. The van der Waals surface area contributed by atoms with Gasteiger partial charge in [-0.1, -0.05) is 13.2 Å². The molecule has 5 heteroatoms. The van der Waals surface area contributed by atoms with Gasteiger partial charge >= 0.3 is 0 Å². The minimum atomic E-state index is -0.180. The molecule has 3 nitrogen and oxygen atoms in total. The Kier molecular flexibility index (Phi) is 7.14. The Morgan fingerprint density at radius 3 is 2.71 bits per heavy atom. The van der Waals surface area contributed by atoms with Crippen molar-refractivity contribution >= 4 is 17.0 Å². The highest BCUT2D eigenvalue weighted by Gasteiger charge is 2.28. The number of aryl methyl sites for hydroxylation is 1. The van der Waals surface area contributed by atoms with Crippen LogP contribution < -0.4 is 5.32 Å². The molecule has 5 rings (SSSR count). The standard InChI is InChI=1S/C30H35F2N3/c1-3-33-30-22-8-4-5-9-26(30)28(32)27(18-22)20(2)7-6-14-35-15-12-21(13-16-35)29-25-11-10-24(31)17-23(25)19-34-29/h3,10-11,17-18,21,33H,1-2,4-9,12-16,19H2. The number of anilines is 1. The second-order valence-electron chi connectivity index (χ2n) is 10.1. The van der Waals surface area contributed by atoms with Gasteiger partial charge in [-0.25, -0.2) is 8.78 Å². The van der Waals surface area contributed by atoms with E-state index in [4.69, 9.17) is 4.99 Å². The number of aliphatic imine (C=N–C) groups is 1. The highest BCUT2D eigenvalue weighted by molar-refractivity contribution is 6.05. The molecule has 2 heterocycles. The van der Waals surface area contributed by atoms with Gasteiger partial charge in [-0.3, -0.25) is 4.99 Å². The fraction of sp³-hybridized carbons (Fsp3) is 0.433. The van der Waals surface area contributed by atoms with Crippen molar-refractivity contribution in [2.45, 2.75) is 57.9 Å². The molecule has 0 spiro atoms. The molecule has 0 amide bonds. The first-order valence-corrected chi connectivity index (χ1v) is 13.0. The van der Waals surface area contributed by atoms with Crippen molar-refractivity contribution < 1.29 is 8.78 Å². The van der Waals surface area contributed by atoms with Crippen molar-refractivity contribution in [1.29, 1.82) is 0 Å². The lowest BCUT2D eigenvalue weighted by Crippen LogP contribution is -2.36. The number of likely N-dealkylation sites (tertiary alicyclic amines) is 1. The van der Waals surface area contributed by atoms with Crippen LogP contribution >= 0.6 is 0 Å². The van der Waals surface area contributed by atoms with Crippen LogP contribution in [0.3, 0.4) is 0 Å². The third-order valence-corrected chi connectivity index (χ3v) is 7.88. The van der Waals surface area contributed by atoms with E-state index in [1.807, 2.05) is 12.1 Å². The van der Waals surface area contributed by atoms with Crippen molar-refractivity contribution in [3.8, 4) is 0 Å². The molecule has 2 aliphatic heterocycles. The first-order valence-electron chi connectivity index (χ1n) is 13.0. The summed E-state index contributed by atoms with van der Waals surface area (Å²) >= 11 is 0. The van der Waals surface area contributed by atoms with Gasteiger partial charge in [-0.2, -0.15) is 0 Å². The van der Waals surface area contributed by atoms with Crippen LogP contribution in [0.2, 0.25) is 0 Å². The summed E-state index contributed by atoms with van der Waals surface area (Å²) in [7, 11) is 0. The van der Waals surface area contributed by atoms with Gasteiger partial charge < -0.3 is 10.2 Å². The largest absolute Gasteiger partial charge is 0.362 e. The summed E-state index contributed by atoms with van der Waals surface area (Å²) in [4.78, 5) is 7.25. The third kappa shape index (κ3) is 4.97. The molecule has 2 aromatic carbocycles. The zero-order valence-electron chi connectivity index (χ0n) is 20.5. The Morgan fingerprint density at radius 2 is 1.91 bits per heavy atom. The van der Waals surface area contributed by atoms with E-state index in [-0.39, 0.29) is 11.6 Å². The lowest BCUT2D eigenvalue weighted by Gasteiger charge is -2.32. The third-order valence-electron chi connectivity index (χ3n) is 7.88. The Hall–Kier alpha value is -2.79. The minimum absolute atomic E-state index is 0.108. The second kappa shape index (κ2) is 10.4. The van der Waals surface area contributed by atoms with Crippen LogP contribution in [0.1, 0.15) is 66.3 Å². The number of benzene rings is 2. The van der Waals surface area contributed by atoms with E-state index < -0.39 is 0 Å². The highest BCUT2D eigenvalue weighted by Crippen LogP contribution is 2.36. The van der Waals surface area contributed by atoms with Crippen molar-refractivity contribution in [2.24, 2.45) is 10.9 Å². The van der Waals surface area contributed by atoms with Crippen LogP contribution in [0.5, 0.6) is 0 Å². The van der Waals surface area contributed by atoms with Crippen LogP contribution in [-0.2, 0) is 19.4 Å². The lowest BCUT2D eigenvalue weighted by molar-refractivity contribution is 0.208. The van der Waals surface area contributed by atoms with Crippen molar-refractivity contribution in [1.82, 2.24) is 4.90 Å². The van der Waals surface area contributed by atoms with Gasteiger partial charge in [0.1, 0.15) is 11.6 Å². The number of rotatable bonds is 8. The maximum absolute atomic E-state index is 15.4. The van der Waals surface area contributed by atoms with E-state index in [0.717, 1.165) is 99.0 Å². The zero-order valence-corrected chi connectivity index (χ0v) is 20.5. The van der Waals surface area contributed by atoms with E-state index in [0.29, 0.717) is 18.0 Å². The minimum Gasteiger partial charge on any atom is -0.362 e. The van der Waals surface area contributed by atoms with Gasteiger partial charge in [0.15, 0.2) is 0 Å². The Bertz CT molecular complexity index is 1160. The fourth-order valence-corrected chi connectivity index (χ4v) is 5.99. The number of fused-ring (bicyclic) bond motifs is 3. The molecular weight excluding hydrogens is 440 g/mol. The number of piperidine rings is 1. The lowest BCUT2D eigenvalue weighted by atomic mass is 9.87. The molecule has 35 heavy (non-hydrogen) atoms. The smallest absolute Gasteiger partial charge is 0.135 e. The number of nitrogens with one attached hydrogen (secondary N) is 1. The Morgan fingerprint density at radius 1 is 1.11 bits per heavy atom. The summed E-state index contributed by atoms with van der Waals surface area (Å²) in [5, 5.41) is 3.17. The molecule has 184 valence electrons. The van der Waals surface area contributed by atoms with E-state index in [1.54, 1.807) is 18.3 Å². The predicted molar refractivity (Wildman–Crippen MR) is 141 cm³/mol. The van der Waals surface area contributed by atoms with Crippen LogP contribution in [-0.4, -0.2) is 30.2 Å². The monoisotopic (exact) mass is 475 g/mol. The summed E-state index contributed by atoms with van der Waals surface area (Å²) in [6, 6.07) is 7.07. The first-order chi connectivity index (χ1) is 17.0. The predicted octanol–water partition coefficient (Wildman–Crippen LogP) is 6.91. The number of allylic oxidation sites excluding steroid dienone is 1. The van der Waals surface area contributed by atoms with Gasteiger partial charge in [0, 0.05) is 34.0 Å². The van der Waals surface area contributed by atoms with Gasteiger partial charge in [-0.15, -0.1) is 0 Å². The average Bonchev–Trinajstić information content (AvgIpc) is 3.20. The summed E-state index contributed by atoms with van der Waals surface area (Å²) in [6.07, 6.45) is 9.38. The fourth-order valence-electron chi connectivity index (χ4n) is 5.99. The topological polar surface area (TPSA) is 27.6 Å². The van der Waals surface area contributed by atoms with E-state index in [1.165, 1.54) is 11.3 Å². The molecule has 1 aliphatic carbocycles. The summed E-state index contributed by atoms with van der Waals surface area (Å²) < 4.78 is 28.9. The SMILES string of the molecule is C=CNc1c2cc(C(=C)CCCN3CCC(C4=NCc5cc(F)ccc54)CC3)c(F)c1CCCC2. The molecule has 3 aliphatic rings. The van der Waals surface area contributed by atoms with Crippen molar-refractivity contribution in [3.63, 3.8) is 0 Å². The number of hydrogen-bond acceptors (Lipinski definition) is 3. The Labute approximate surface area is 207 Å². The second-order valence-corrected chi connectivity index (χ2v) is 10.1. The summed E-state index contributed by atoms with van der Waals surface area (Å²) in [6.45, 7) is 11.7. The van der Waals surface area contributed by atoms with Gasteiger partial charge in [0.2, 0.25) is 0 Å². The Balaban J connectivity index is 1.14. The molecule has 0 unspecified atom stereocenters. The maximum atomic E-state index is 15.4. The molecule has 1 saturated heterocycles. The van der Waals surface area contributed by atoms with Crippen LogP contribution in [0.4, 0.5) is 14.5 Å². The van der Waals surface area contributed by atoms with Crippen LogP contribution in [0, 0.1) is 17.6 Å². The molecule has 1 fully saturated rings. The zero-order chi connectivity index (χ0) is 24.4. The quantitative estimate of drug-likeness (QED) is 0.449. The van der Waals surface area contributed by atoms with Gasteiger partial charge in [0.25, 0.3) is 0 Å². The van der Waals surface area contributed by atoms with Crippen LogP contribution in [0.15, 0.2) is 48.6 Å². The van der Waals surface area contributed by atoms with Crippen LogP contribution in [0.25, 0.3) is 5.57 Å². The highest BCUT2D eigenvalue weighted by atomic mass is 19.1. The molecule has 0 radical (unpaired) electrons. The average molecular weight is 476 g/mol. The number of hydrogen-bond donors (Lipinski definition) is 1. The normalized spacial score (nSPS) is 18.1. The summed E-state index contributed by atoms with van der Waals surface area (Å²) in [5.74, 6) is 0.167. The molecule has 0 atom stereocenters. The van der Waals surface area contributed by atoms with Gasteiger partial charge in [0.05, 0.1) is 6.54 Å². The van der Waals surface area contributed by atoms with E-state index in [9.17, 15) is 4.39 Å². The summed E-state index contributed by atoms with van der Waals surface area (Å²) in [5.41, 5.74) is 7.79. The molecule has 1 N–H and O–H groups in total. The van der Waals surface area contributed by atoms with Gasteiger partial charge in [-0.05, 0) is 118 Å². The maximum Gasteiger partial charge on any atom is 0.135 e. The molecule has 2 aromatic rings. The number of nitrogens with zero attached hydrogens (tertiary/aromatic N) is 2. The van der Waals surface area contributed by atoms with E-state index in [2.05, 4.69) is 23.4 Å². The molecule has 2 bridgehead atoms. The molecule has 0 aromatic heterocycles. The van der Waals surface area contributed by atoms with E-state index >= 15 is 4.39 Å². The van der Waals surface area contributed by atoms with Crippen molar-refractivity contribution in [2.75, 3.05) is 25.0 Å². The number of halogens is 2. The van der Waals surface area contributed by atoms with Crippen molar-refractivity contribution in [3.05, 3.63) is 83.1 Å². The molecular formula is C30H35F2N3.